The third-order valence-corrected chi connectivity index (χ3v) is 9.45. The van der Waals surface area contributed by atoms with Crippen LogP contribution in [0.1, 0.15) is 51.9 Å². The van der Waals surface area contributed by atoms with Crippen LogP contribution in [-0.4, -0.2) is 14.5 Å². The van der Waals surface area contributed by atoms with Gasteiger partial charge in [0.25, 0.3) is 0 Å². The summed E-state index contributed by atoms with van der Waals surface area (Å²) in [5.74, 6) is 2.31. The first kappa shape index (κ1) is 19.3. The molecule has 5 rings (SSSR count). The topological polar surface area (TPSA) is 46.2 Å². The molecule has 4 fully saturated rings. The number of sulfonamides is 1. The number of halogens is 3. The zero-order valence-corrected chi connectivity index (χ0v) is 17.9. The van der Waals surface area contributed by atoms with Gasteiger partial charge in [0.1, 0.15) is 4.90 Å². The largest absolute Gasteiger partial charge is 0.242 e. The monoisotopic (exact) mass is 435 g/mol. The molecule has 3 nitrogen and oxygen atoms in total. The molecule has 4 aliphatic carbocycles. The highest BCUT2D eigenvalue weighted by Crippen LogP contribution is 2.61. The smallest absolute Gasteiger partial charge is 0.207 e. The average molecular weight is 437 g/mol. The van der Waals surface area contributed by atoms with E-state index >= 15 is 0 Å². The molecular formula is C19H24Cl3NO2S. The molecular weight excluding hydrogens is 413 g/mol. The Morgan fingerprint density at radius 3 is 2.00 bits per heavy atom. The molecule has 0 aliphatic heterocycles. The van der Waals surface area contributed by atoms with Gasteiger partial charge in [-0.25, -0.2) is 13.1 Å². The summed E-state index contributed by atoms with van der Waals surface area (Å²) in [4.78, 5) is 0.0109. The molecule has 0 amide bonds. The van der Waals surface area contributed by atoms with Gasteiger partial charge in [0, 0.05) is 6.04 Å². The van der Waals surface area contributed by atoms with E-state index in [9.17, 15) is 8.42 Å². The molecule has 0 saturated heterocycles. The Balaban J connectivity index is 1.63. The summed E-state index contributed by atoms with van der Waals surface area (Å²) >= 11 is 18.2. The van der Waals surface area contributed by atoms with Crippen molar-refractivity contribution in [1.29, 1.82) is 0 Å². The number of nitrogens with one attached hydrogen (secondary N) is 1. The van der Waals surface area contributed by atoms with E-state index in [4.69, 9.17) is 34.8 Å². The van der Waals surface area contributed by atoms with E-state index in [1.165, 1.54) is 31.4 Å². The SMILES string of the molecule is CCC(NS(=O)(=O)c1cc(Cl)c(Cl)cc1Cl)C12CC3CC(CC(C3)C1)C2. The van der Waals surface area contributed by atoms with Gasteiger partial charge in [-0.15, -0.1) is 0 Å². The number of benzene rings is 1. The van der Waals surface area contributed by atoms with Gasteiger partial charge in [-0.3, -0.25) is 0 Å². The second-order valence-corrected chi connectivity index (χ2v) is 11.5. The Bertz CT molecular complexity index is 789. The lowest BCUT2D eigenvalue weighted by Gasteiger charge is -2.59. The van der Waals surface area contributed by atoms with Gasteiger partial charge in [-0.05, 0) is 80.2 Å². The molecule has 0 spiro atoms. The normalized spacial score (nSPS) is 34.2. The molecule has 4 saturated carbocycles. The highest BCUT2D eigenvalue weighted by molar-refractivity contribution is 7.89. The second-order valence-electron chi connectivity index (χ2n) is 8.56. The van der Waals surface area contributed by atoms with Gasteiger partial charge in [0.15, 0.2) is 0 Å². The molecule has 7 heteroatoms. The fourth-order valence-corrected chi connectivity index (χ4v) is 8.63. The van der Waals surface area contributed by atoms with Crippen molar-refractivity contribution in [3.05, 3.63) is 27.2 Å². The van der Waals surface area contributed by atoms with Crippen molar-refractivity contribution in [2.45, 2.75) is 62.8 Å². The zero-order valence-electron chi connectivity index (χ0n) is 14.8. The van der Waals surface area contributed by atoms with Crippen LogP contribution in [0.3, 0.4) is 0 Å². The number of hydrogen-bond donors (Lipinski definition) is 1. The molecule has 1 aromatic rings. The zero-order chi connectivity index (χ0) is 18.7. The van der Waals surface area contributed by atoms with E-state index in [-0.39, 0.29) is 31.4 Å². The lowest BCUT2D eigenvalue weighted by molar-refractivity contribution is -0.0704. The summed E-state index contributed by atoms with van der Waals surface area (Å²) in [6.07, 6.45) is 8.23. The van der Waals surface area contributed by atoms with Crippen LogP contribution in [0.2, 0.25) is 15.1 Å². The van der Waals surface area contributed by atoms with Crippen LogP contribution < -0.4 is 4.72 Å². The summed E-state index contributed by atoms with van der Waals surface area (Å²) in [6.45, 7) is 2.07. The molecule has 26 heavy (non-hydrogen) atoms. The van der Waals surface area contributed by atoms with E-state index in [0.29, 0.717) is 0 Å². The molecule has 1 atom stereocenters. The van der Waals surface area contributed by atoms with Crippen molar-refractivity contribution in [2.75, 3.05) is 0 Å². The van der Waals surface area contributed by atoms with E-state index in [2.05, 4.69) is 11.6 Å². The minimum atomic E-state index is -3.76. The minimum absolute atomic E-state index is 0.0109. The van der Waals surface area contributed by atoms with E-state index in [0.717, 1.165) is 43.4 Å². The van der Waals surface area contributed by atoms with Crippen molar-refractivity contribution >= 4 is 44.8 Å². The molecule has 1 unspecified atom stereocenters. The van der Waals surface area contributed by atoms with E-state index < -0.39 is 10.0 Å². The van der Waals surface area contributed by atoms with Crippen molar-refractivity contribution in [2.24, 2.45) is 23.2 Å². The quantitative estimate of drug-likeness (QED) is 0.582. The van der Waals surface area contributed by atoms with Crippen LogP contribution in [0.4, 0.5) is 0 Å². The predicted molar refractivity (Wildman–Crippen MR) is 106 cm³/mol. The summed E-state index contributed by atoms with van der Waals surface area (Å²) in [5, 5.41) is 0.551. The molecule has 0 radical (unpaired) electrons. The highest BCUT2D eigenvalue weighted by Gasteiger charge is 2.54. The molecule has 1 aromatic carbocycles. The van der Waals surface area contributed by atoms with Gasteiger partial charge in [0.2, 0.25) is 10.0 Å². The second kappa shape index (κ2) is 6.81. The Kier molecular flexibility index (Phi) is 5.06. The van der Waals surface area contributed by atoms with Crippen LogP contribution >= 0.6 is 34.8 Å². The van der Waals surface area contributed by atoms with Gasteiger partial charge < -0.3 is 0 Å². The molecule has 144 valence electrons. The van der Waals surface area contributed by atoms with Crippen molar-refractivity contribution < 1.29 is 8.42 Å². The highest BCUT2D eigenvalue weighted by atomic mass is 35.5. The van der Waals surface area contributed by atoms with Crippen LogP contribution in [0.15, 0.2) is 17.0 Å². The summed E-state index contributed by atoms with van der Waals surface area (Å²) in [6, 6.07) is 2.68. The first-order valence-electron chi connectivity index (χ1n) is 9.39. The maximum atomic E-state index is 13.1. The van der Waals surface area contributed by atoms with Crippen molar-refractivity contribution in [1.82, 2.24) is 4.72 Å². The number of hydrogen-bond acceptors (Lipinski definition) is 2. The first-order valence-corrected chi connectivity index (χ1v) is 12.0. The van der Waals surface area contributed by atoms with Crippen LogP contribution in [0.25, 0.3) is 0 Å². The van der Waals surface area contributed by atoms with Crippen molar-refractivity contribution in [3.8, 4) is 0 Å². The lowest BCUT2D eigenvalue weighted by atomic mass is 9.47. The fourth-order valence-electron chi connectivity index (χ4n) is 6.21. The summed E-state index contributed by atoms with van der Waals surface area (Å²) in [5.41, 5.74) is 0.0965. The molecule has 0 aromatic heterocycles. The van der Waals surface area contributed by atoms with E-state index in [1.807, 2.05) is 0 Å². The fraction of sp³-hybridized carbons (Fsp3) is 0.684. The maximum absolute atomic E-state index is 13.1. The Hall–Kier alpha value is -0.000000000000000111. The van der Waals surface area contributed by atoms with Gasteiger partial charge in [-0.1, -0.05) is 41.7 Å². The standard InChI is InChI=1S/C19H24Cl3NO2S/c1-2-18(19-8-11-3-12(9-19)5-13(4-11)10-19)23-26(24,25)17-7-15(21)14(20)6-16(17)22/h6-7,11-13,18,23H,2-5,8-10H2,1H3. The third-order valence-electron chi connectivity index (χ3n) is 6.79. The molecule has 1 N–H and O–H groups in total. The maximum Gasteiger partial charge on any atom is 0.242 e. The lowest BCUT2D eigenvalue weighted by Crippen LogP contribution is -2.56. The van der Waals surface area contributed by atoms with Crippen LogP contribution in [-0.2, 0) is 10.0 Å². The van der Waals surface area contributed by atoms with Crippen LogP contribution in [0, 0.1) is 23.2 Å². The molecule has 0 heterocycles. The van der Waals surface area contributed by atoms with Crippen LogP contribution in [0.5, 0.6) is 0 Å². The Morgan fingerprint density at radius 1 is 1.00 bits per heavy atom. The number of rotatable bonds is 5. The van der Waals surface area contributed by atoms with Gasteiger partial charge >= 0.3 is 0 Å². The summed E-state index contributed by atoms with van der Waals surface area (Å²) < 4.78 is 29.2. The molecule has 4 bridgehead atoms. The summed E-state index contributed by atoms with van der Waals surface area (Å²) in [7, 11) is -3.76. The van der Waals surface area contributed by atoms with Gasteiger partial charge in [0.05, 0.1) is 15.1 Å². The average Bonchev–Trinajstić information content (AvgIpc) is 2.54. The van der Waals surface area contributed by atoms with Crippen molar-refractivity contribution in [3.63, 3.8) is 0 Å². The van der Waals surface area contributed by atoms with E-state index in [1.54, 1.807) is 0 Å². The first-order chi connectivity index (χ1) is 12.2. The third kappa shape index (κ3) is 3.30. The predicted octanol–water partition coefficient (Wildman–Crippen LogP) is 5.92. The minimum Gasteiger partial charge on any atom is -0.207 e. The molecule has 4 aliphatic rings. The Morgan fingerprint density at radius 2 is 1.50 bits per heavy atom. The van der Waals surface area contributed by atoms with Gasteiger partial charge in [-0.2, -0.15) is 0 Å². The Labute approximate surface area is 170 Å².